The van der Waals surface area contributed by atoms with Crippen LogP contribution in [-0.2, 0) is 35.1 Å². The first-order valence-corrected chi connectivity index (χ1v) is 14.1. The normalized spacial score (nSPS) is 23.2. The third-order valence-corrected chi connectivity index (χ3v) is 7.87. The van der Waals surface area contributed by atoms with Gasteiger partial charge in [-0.05, 0) is 49.8 Å². The van der Waals surface area contributed by atoms with Crippen LogP contribution < -0.4 is 20.7 Å². The number of rotatable bonds is 13. The van der Waals surface area contributed by atoms with E-state index in [2.05, 4.69) is 16.0 Å². The Morgan fingerprint density at radius 1 is 0.923 bits per heavy atom. The van der Waals surface area contributed by atoms with E-state index in [4.69, 9.17) is 14.2 Å². The monoisotopic (exact) mass is 543 g/mol. The van der Waals surface area contributed by atoms with Crippen LogP contribution in [0.1, 0.15) is 57.4 Å². The number of Topliss-reactive ketones (excluding diaryl/α,β-unsaturated/α-hetero) is 1. The summed E-state index contributed by atoms with van der Waals surface area (Å²) in [7, 11) is 1.58. The molecule has 4 rings (SSSR count). The van der Waals surface area contributed by atoms with Crippen LogP contribution in [0.3, 0.4) is 0 Å². The van der Waals surface area contributed by atoms with Crippen LogP contribution in [0.5, 0.6) is 5.75 Å². The Labute approximate surface area is 229 Å². The molecule has 10 heteroatoms. The van der Waals surface area contributed by atoms with Crippen molar-refractivity contribution in [1.82, 2.24) is 16.0 Å². The molecule has 3 fully saturated rings. The highest BCUT2D eigenvalue weighted by Gasteiger charge is 2.39. The molecule has 1 aromatic carbocycles. The largest absolute Gasteiger partial charge is 0.497 e. The number of benzene rings is 1. The fourth-order valence-electron chi connectivity index (χ4n) is 5.38. The van der Waals surface area contributed by atoms with Gasteiger partial charge in [0.1, 0.15) is 23.9 Å². The number of carbonyl (C=O) groups is 4. The van der Waals surface area contributed by atoms with Crippen molar-refractivity contribution >= 4 is 23.5 Å². The predicted molar refractivity (Wildman–Crippen MR) is 143 cm³/mol. The highest BCUT2D eigenvalue weighted by Crippen LogP contribution is 2.30. The second-order valence-electron chi connectivity index (χ2n) is 10.9. The molecule has 5 atom stereocenters. The summed E-state index contributed by atoms with van der Waals surface area (Å²) in [6.07, 6.45) is 6.18. The highest BCUT2D eigenvalue weighted by molar-refractivity contribution is 5.96. The van der Waals surface area contributed by atoms with Gasteiger partial charge in [0, 0.05) is 13.0 Å². The summed E-state index contributed by atoms with van der Waals surface area (Å²) in [6, 6.07) is 4.80. The number of amides is 3. The molecule has 0 unspecified atom stereocenters. The molecule has 10 nitrogen and oxygen atoms in total. The lowest BCUT2D eigenvalue weighted by atomic mass is 9.94. The van der Waals surface area contributed by atoms with Gasteiger partial charge in [0.15, 0.2) is 5.78 Å². The molecule has 0 radical (unpaired) electrons. The summed E-state index contributed by atoms with van der Waals surface area (Å²) in [6.45, 7) is 2.95. The minimum atomic E-state index is -0.942. The van der Waals surface area contributed by atoms with E-state index in [1.54, 1.807) is 26.2 Å². The zero-order valence-electron chi connectivity index (χ0n) is 22.9. The van der Waals surface area contributed by atoms with Crippen LogP contribution >= 0.6 is 0 Å². The number of carbonyl (C=O) groups excluding carboxylic acids is 4. The number of epoxide rings is 1. The summed E-state index contributed by atoms with van der Waals surface area (Å²) in [5, 5.41) is 8.50. The molecule has 2 aliphatic heterocycles. The maximum Gasteiger partial charge on any atom is 0.243 e. The average Bonchev–Trinajstić information content (AvgIpc) is 3.68. The lowest BCUT2D eigenvalue weighted by molar-refractivity contribution is -0.135. The van der Waals surface area contributed by atoms with Gasteiger partial charge in [0.25, 0.3) is 0 Å². The Morgan fingerprint density at radius 2 is 1.62 bits per heavy atom. The SMILES string of the molecule is COc1ccc(C[C@H](NC(=O)[C@@H](C)NC(=O)[C@H]2CCCOC2)C(=O)N[C@@H](CC2CCCC2)C(=O)[C@H]2CO2)cc1. The van der Waals surface area contributed by atoms with Crippen LogP contribution in [0, 0.1) is 11.8 Å². The first kappa shape index (κ1) is 29.0. The minimum absolute atomic E-state index is 0.111. The molecule has 1 aliphatic carbocycles. The molecule has 3 N–H and O–H groups in total. The molecule has 214 valence electrons. The zero-order valence-corrected chi connectivity index (χ0v) is 22.9. The van der Waals surface area contributed by atoms with Gasteiger partial charge in [-0.3, -0.25) is 19.2 Å². The first-order chi connectivity index (χ1) is 18.8. The molecule has 3 aliphatic rings. The number of hydrogen-bond donors (Lipinski definition) is 3. The third-order valence-electron chi connectivity index (χ3n) is 7.87. The van der Waals surface area contributed by atoms with E-state index in [1.807, 2.05) is 12.1 Å². The van der Waals surface area contributed by atoms with E-state index in [9.17, 15) is 19.2 Å². The Hall–Kier alpha value is -2.98. The van der Waals surface area contributed by atoms with Crippen molar-refractivity contribution in [2.75, 3.05) is 26.9 Å². The minimum Gasteiger partial charge on any atom is -0.497 e. The Balaban J connectivity index is 1.44. The van der Waals surface area contributed by atoms with Gasteiger partial charge in [-0.2, -0.15) is 0 Å². The first-order valence-electron chi connectivity index (χ1n) is 14.1. The van der Waals surface area contributed by atoms with Gasteiger partial charge in [0.05, 0.1) is 32.3 Å². The zero-order chi connectivity index (χ0) is 27.8. The smallest absolute Gasteiger partial charge is 0.243 e. The summed E-state index contributed by atoms with van der Waals surface area (Å²) >= 11 is 0. The molecule has 0 bridgehead atoms. The molecular weight excluding hydrogens is 502 g/mol. The average molecular weight is 544 g/mol. The number of ether oxygens (including phenoxy) is 3. The van der Waals surface area contributed by atoms with Crippen LogP contribution in [0.4, 0.5) is 0 Å². The van der Waals surface area contributed by atoms with Gasteiger partial charge in [-0.1, -0.05) is 37.8 Å². The lowest BCUT2D eigenvalue weighted by Crippen LogP contribution is -2.56. The highest BCUT2D eigenvalue weighted by atomic mass is 16.6. The second-order valence-corrected chi connectivity index (χ2v) is 10.9. The fourth-order valence-corrected chi connectivity index (χ4v) is 5.38. The van der Waals surface area contributed by atoms with E-state index in [0.29, 0.717) is 44.3 Å². The van der Waals surface area contributed by atoms with E-state index < -0.39 is 36.0 Å². The molecule has 39 heavy (non-hydrogen) atoms. The van der Waals surface area contributed by atoms with Crippen LogP contribution in [0.15, 0.2) is 24.3 Å². The van der Waals surface area contributed by atoms with Crippen molar-refractivity contribution in [3.05, 3.63) is 29.8 Å². The van der Waals surface area contributed by atoms with Crippen molar-refractivity contribution in [3.63, 3.8) is 0 Å². The van der Waals surface area contributed by atoms with Crippen molar-refractivity contribution in [2.45, 2.75) is 82.5 Å². The Kier molecular flexibility index (Phi) is 10.3. The maximum atomic E-state index is 13.6. The molecule has 1 saturated carbocycles. The number of ketones is 1. The van der Waals surface area contributed by atoms with Crippen molar-refractivity contribution in [2.24, 2.45) is 11.8 Å². The van der Waals surface area contributed by atoms with Crippen LogP contribution in [-0.4, -0.2) is 74.7 Å². The molecule has 1 aromatic rings. The lowest BCUT2D eigenvalue weighted by Gasteiger charge is -2.26. The van der Waals surface area contributed by atoms with Crippen molar-refractivity contribution in [1.29, 1.82) is 0 Å². The number of nitrogens with one attached hydrogen (secondary N) is 3. The summed E-state index contributed by atoms with van der Waals surface area (Å²) < 4.78 is 15.8. The number of hydrogen-bond acceptors (Lipinski definition) is 7. The van der Waals surface area contributed by atoms with Crippen LogP contribution in [0.2, 0.25) is 0 Å². The maximum absolute atomic E-state index is 13.6. The van der Waals surface area contributed by atoms with E-state index in [-0.39, 0.29) is 24.0 Å². The van der Waals surface area contributed by atoms with Crippen molar-refractivity contribution in [3.8, 4) is 5.75 Å². The van der Waals surface area contributed by atoms with Crippen molar-refractivity contribution < 1.29 is 33.4 Å². The summed E-state index contributed by atoms with van der Waals surface area (Å²) in [5.41, 5.74) is 0.816. The van der Waals surface area contributed by atoms with Crippen LogP contribution in [0.25, 0.3) is 0 Å². The molecule has 0 spiro atoms. The van der Waals surface area contributed by atoms with Gasteiger partial charge in [-0.25, -0.2) is 0 Å². The summed E-state index contributed by atoms with van der Waals surface area (Å²) in [4.78, 5) is 52.3. The molecule has 0 aromatic heterocycles. The standard InChI is InChI=1S/C29H41N3O7/c1-18(30-28(35)21-8-5-13-38-16-21)27(34)32-24(15-20-9-11-22(37-2)12-10-20)29(36)31-23(26(33)25-17-39-25)14-19-6-3-4-7-19/h9-12,18-19,21,23-25H,3-8,13-17H2,1-2H3,(H,30,35)(H,31,36)(H,32,34)/t18-,21+,23+,24+,25-/m1/s1. The van der Waals surface area contributed by atoms with E-state index >= 15 is 0 Å². The van der Waals surface area contributed by atoms with E-state index in [0.717, 1.165) is 37.7 Å². The summed E-state index contributed by atoms with van der Waals surface area (Å²) in [5.74, 6) is -0.488. The molecular formula is C29H41N3O7. The van der Waals surface area contributed by atoms with Gasteiger partial charge < -0.3 is 30.2 Å². The third kappa shape index (κ3) is 8.50. The van der Waals surface area contributed by atoms with Gasteiger partial charge in [-0.15, -0.1) is 0 Å². The predicted octanol–water partition coefficient (Wildman–Crippen LogP) is 1.69. The molecule has 2 saturated heterocycles. The topological polar surface area (TPSA) is 135 Å². The van der Waals surface area contributed by atoms with Gasteiger partial charge >= 0.3 is 0 Å². The van der Waals surface area contributed by atoms with Gasteiger partial charge in [0.2, 0.25) is 17.7 Å². The molecule has 3 amide bonds. The number of methoxy groups -OCH3 is 1. The second kappa shape index (κ2) is 13.9. The fraction of sp³-hybridized carbons (Fsp3) is 0.655. The van der Waals surface area contributed by atoms with E-state index in [1.165, 1.54) is 0 Å². The Morgan fingerprint density at radius 3 is 2.23 bits per heavy atom. The Bertz CT molecular complexity index is 999. The quantitative estimate of drug-likeness (QED) is 0.322. The molecule has 2 heterocycles.